The highest BCUT2D eigenvalue weighted by Crippen LogP contribution is 2.16. The minimum absolute atomic E-state index is 0.0885. The number of rotatable bonds is 52. The monoisotopic (exact) mass is 873 g/mol. The summed E-state index contributed by atoms with van der Waals surface area (Å²) >= 11 is 0. The van der Waals surface area contributed by atoms with Gasteiger partial charge in [0.2, 0.25) is 0 Å². The van der Waals surface area contributed by atoms with Gasteiger partial charge in [0.1, 0.15) is 6.61 Å². The van der Waals surface area contributed by atoms with Gasteiger partial charge in [0, 0.05) is 19.4 Å². The molecule has 366 valence electrons. The Bertz CT molecular complexity index is 943. The highest BCUT2D eigenvalue weighted by molar-refractivity contribution is 5.70. The number of hydrogen-bond acceptors (Lipinski definition) is 5. The Kier molecular flexibility index (Phi) is 52.3. The molecule has 0 saturated carbocycles. The Morgan fingerprint density at radius 3 is 1.03 bits per heavy atom. The smallest absolute Gasteiger partial charge is 0.306 e. The van der Waals surface area contributed by atoms with Crippen molar-refractivity contribution in [1.29, 1.82) is 0 Å². The highest BCUT2D eigenvalue weighted by Gasteiger charge is 2.17. The zero-order valence-corrected chi connectivity index (χ0v) is 42.2. The van der Waals surface area contributed by atoms with Crippen molar-refractivity contribution in [2.45, 2.75) is 309 Å². The van der Waals surface area contributed by atoms with E-state index in [1.54, 1.807) is 0 Å². The number of unbranched alkanes of at least 4 members (excludes halogenated alkanes) is 37. The molecule has 0 aromatic rings. The zero-order valence-electron chi connectivity index (χ0n) is 42.2. The molecule has 0 N–H and O–H groups in total. The van der Waals surface area contributed by atoms with Crippen LogP contribution in [0.1, 0.15) is 303 Å². The van der Waals surface area contributed by atoms with Crippen LogP contribution in [-0.4, -0.2) is 37.9 Å². The normalized spacial score (nSPS) is 12.2. The fourth-order valence-corrected chi connectivity index (χ4v) is 8.25. The standard InChI is InChI=1S/C57H108O5/c1-4-7-10-13-16-19-22-25-27-28-29-30-32-33-35-38-41-44-47-50-56(58)61-54-55(53-60-52-49-46-43-40-37-24-21-18-15-12-9-6-3)62-57(59)51-48-45-42-39-36-34-31-26-23-20-17-14-11-8-5-2/h15,18,25,27,55H,4-14,16-17,19-24,26,28-54H2,1-3H3/b18-15-,27-25-. The number of ether oxygens (including phenoxy) is 3. The summed E-state index contributed by atoms with van der Waals surface area (Å²) in [5.41, 5.74) is 0. The van der Waals surface area contributed by atoms with Gasteiger partial charge in [0.25, 0.3) is 0 Å². The van der Waals surface area contributed by atoms with Gasteiger partial charge in [-0.25, -0.2) is 0 Å². The second-order valence-electron chi connectivity index (χ2n) is 18.8. The van der Waals surface area contributed by atoms with Gasteiger partial charge in [-0.1, -0.05) is 251 Å². The predicted molar refractivity (Wildman–Crippen MR) is 270 cm³/mol. The van der Waals surface area contributed by atoms with Crippen LogP contribution in [-0.2, 0) is 23.8 Å². The molecule has 0 radical (unpaired) electrons. The number of allylic oxidation sites excluding steroid dienone is 4. The molecule has 0 aromatic heterocycles. The first-order valence-corrected chi connectivity index (χ1v) is 27.9. The molecular formula is C57H108O5. The number of esters is 2. The van der Waals surface area contributed by atoms with Crippen LogP contribution in [0.5, 0.6) is 0 Å². The van der Waals surface area contributed by atoms with Crippen molar-refractivity contribution < 1.29 is 23.8 Å². The molecule has 0 aromatic carbocycles. The zero-order chi connectivity index (χ0) is 44.9. The molecular weight excluding hydrogens is 765 g/mol. The summed E-state index contributed by atoms with van der Waals surface area (Å²) in [5.74, 6) is -0.383. The lowest BCUT2D eigenvalue weighted by molar-refractivity contribution is -0.163. The Morgan fingerprint density at radius 1 is 0.339 bits per heavy atom. The van der Waals surface area contributed by atoms with Gasteiger partial charge in [-0.2, -0.15) is 0 Å². The van der Waals surface area contributed by atoms with Crippen molar-refractivity contribution in [3.05, 3.63) is 24.3 Å². The van der Waals surface area contributed by atoms with Crippen molar-refractivity contribution in [1.82, 2.24) is 0 Å². The van der Waals surface area contributed by atoms with Crippen molar-refractivity contribution in [2.75, 3.05) is 19.8 Å². The van der Waals surface area contributed by atoms with Gasteiger partial charge in [0.05, 0.1) is 6.61 Å². The van der Waals surface area contributed by atoms with Gasteiger partial charge in [-0.05, 0) is 64.2 Å². The molecule has 0 aliphatic heterocycles. The SMILES string of the molecule is CCCC/C=C\CCCCCCCCOCC(COC(=O)CCCCCCCCCCC/C=C\CCCCCCCC)OC(=O)CCCCCCCCCCCCCCCCC. The molecule has 0 spiro atoms. The third-order valence-electron chi connectivity index (χ3n) is 12.5. The van der Waals surface area contributed by atoms with Crippen molar-refractivity contribution in [3.63, 3.8) is 0 Å². The molecule has 0 aliphatic rings. The maximum absolute atomic E-state index is 12.8. The van der Waals surface area contributed by atoms with Crippen LogP contribution >= 0.6 is 0 Å². The van der Waals surface area contributed by atoms with E-state index in [-0.39, 0.29) is 25.2 Å². The van der Waals surface area contributed by atoms with E-state index in [4.69, 9.17) is 14.2 Å². The maximum Gasteiger partial charge on any atom is 0.306 e. The highest BCUT2D eigenvalue weighted by atomic mass is 16.6. The van der Waals surface area contributed by atoms with Crippen LogP contribution < -0.4 is 0 Å². The Hall–Kier alpha value is -1.62. The molecule has 5 nitrogen and oxygen atoms in total. The van der Waals surface area contributed by atoms with Gasteiger partial charge in [0.15, 0.2) is 6.10 Å². The summed E-state index contributed by atoms with van der Waals surface area (Å²) < 4.78 is 17.4. The predicted octanol–water partition coefficient (Wildman–Crippen LogP) is 18.8. The molecule has 0 heterocycles. The van der Waals surface area contributed by atoms with E-state index < -0.39 is 6.10 Å². The first kappa shape index (κ1) is 60.4. The quantitative estimate of drug-likeness (QED) is 0.0346. The third-order valence-corrected chi connectivity index (χ3v) is 12.5. The van der Waals surface area contributed by atoms with Gasteiger partial charge in [-0.15, -0.1) is 0 Å². The van der Waals surface area contributed by atoms with Gasteiger partial charge >= 0.3 is 11.9 Å². The van der Waals surface area contributed by atoms with Crippen LogP contribution in [0.3, 0.4) is 0 Å². The van der Waals surface area contributed by atoms with E-state index in [2.05, 4.69) is 45.1 Å². The van der Waals surface area contributed by atoms with Crippen molar-refractivity contribution in [3.8, 4) is 0 Å². The molecule has 0 aliphatic carbocycles. The lowest BCUT2D eigenvalue weighted by Crippen LogP contribution is -2.30. The van der Waals surface area contributed by atoms with Gasteiger partial charge in [-0.3, -0.25) is 9.59 Å². The average Bonchev–Trinajstić information content (AvgIpc) is 3.27. The van der Waals surface area contributed by atoms with Crippen LogP contribution in [0.15, 0.2) is 24.3 Å². The summed E-state index contributed by atoms with van der Waals surface area (Å²) in [6.07, 6.45) is 63.3. The second-order valence-corrected chi connectivity index (χ2v) is 18.8. The number of carbonyl (C=O) groups is 2. The summed E-state index contributed by atoms with van der Waals surface area (Å²) in [5, 5.41) is 0. The Morgan fingerprint density at radius 2 is 0.645 bits per heavy atom. The summed E-state index contributed by atoms with van der Waals surface area (Å²) in [6, 6.07) is 0. The average molecular weight is 873 g/mol. The van der Waals surface area contributed by atoms with E-state index in [0.717, 1.165) is 38.5 Å². The third kappa shape index (κ3) is 51.0. The second kappa shape index (κ2) is 53.7. The van der Waals surface area contributed by atoms with Crippen LogP contribution in [0.25, 0.3) is 0 Å². The van der Waals surface area contributed by atoms with Crippen LogP contribution in [0.2, 0.25) is 0 Å². The first-order valence-electron chi connectivity index (χ1n) is 27.9. The maximum atomic E-state index is 12.8. The lowest BCUT2D eigenvalue weighted by atomic mass is 10.0. The molecule has 1 unspecified atom stereocenters. The molecule has 0 fully saturated rings. The molecule has 0 saturated heterocycles. The summed E-state index contributed by atoms with van der Waals surface area (Å²) in [7, 11) is 0. The molecule has 0 amide bonds. The van der Waals surface area contributed by atoms with E-state index >= 15 is 0 Å². The van der Waals surface area contributed by atoms with Crippen molar-refractivity contribution >= 4 is 11.9 Å². The van der Waals surface area contributed by atoms with E-state index in [1.165, 1.54) is 231 Å². The number of hydrogen-bond donors (Lipinski definition) is 0. The van der Waals surface area contributed by atoms with Gasteiger partial charge < -0.3 is 14.2 Å². The number of carbonyl (C=O) groups excluding carboxylic acids is 2. The topological polar surface area (TPSA) is 61.8 Å². The fraction of sp³-hybridized carbons (Fsp3) is 0.895. The van der Waals surface area contributed by atoms with E-state index in [9.17, 15) is 9.59 Å². The van der Waals surface area contributed by atoms with E-state index in [0.29, 0.717) is 19.4 Å². The lowest BCUT2D eigenvalue weighted by Gasteiger charge is -2.18. The van der Waals surface area contributed by atoms with Crippen LogP contribution in [0.4, 0.5) is 0 Å². The fourth-order valence-electron chi connectivity index (χ4n) is 8.25. The molecule has 0 bridgehead atoms. The summed E-state index contributed by atoms with van der Waals surface area (Å²) in [4.78, 5) is 25.4. The molecule has 0 rings (SSSR count). The van der Waals surface area contributed by atoms with E-state index in [1.807, 2.05) is 0 Å². The summed E-state index contributed by atoms with van der Waals surface area (Å²) in [6.45, 7) is 7.84. The Labute approximate surface area is 387 Å². The minimum atomic E-state index is -0.533. The minimum Gasteiger partial charge on any atom is -0.462 e. The van der Waals surface area contributed by atoms with Crippen molar-refractivity contribution in [2.24, 2.45) is 0 Å². The van der Waals surface area contributed by atoms with Crippen LogP contribution in [0, 0.1) is 0 Å². The Balaban J connectivity index is 4.18. The molecule has 5 heteroatoms. The molecule has 62 heavy (non-hydrogen) atoms. The molecule has 1 atom stereocenters. The first-order chi connectivity index (χ1) is 30.6. The largest absolute Gasteiger partial charge is 0.462 e.